The maximum Gasteiger partial charge on any atom is 0.389 e. The van der Waals surface area contributed by atoms with E-state index >= 15 is 0 Å². The van der Waals surface area contributed by atoms with Crippen molar-refractivity contribution in [2.24, 2.45) is 0 Å². The van der Waals surface area contributed by atoms with Crippen molar-refractivity contribution >= 4 is 5.78 Å². The number of hydrogen-bond donors (Lipinski definition) is 0. The number of benzene rings is 1. The van der Waals surface area contributed by atoms with Crippen molar-refractivity contribution < 1.29 is 22.7 Å². The normalized spacial score (nSPS) is 14.3. The molecule has 0 spiro atoms. The van der Waals surface area contributed by atoms with E-state index in [1.165, 1.54) is 11.1 Å². The first kappa shape index (κ1) is 15.0. The van der Waals surface area contributed by atoms with E-state index in [9.17, 15) is 18.0 Å². The molecule has 0 radical (unpaired) electrons. The molecular weight excluding hydrogens is 269 g/mol. The van der Waals surface area contributed by atoms with E-state index in [0.717, 1.165) is 19.3 Å². The third-order valence-corrected chi connectivity index (χ3v) is 3.40. The zero-order valence-corrected chi connectivity index (χ0v) is 11.1. The molecule has 0 aliphatic heterocycles. The highest BCUT2D eigenvalue weighted by Gasteiger charge is 2.26. The van der Waals surface area contributed by atoms with Crippen LogP contribution in [0.1, 0.15) is 40.7 Å². The maximum atomic E-state index is 11.9. The molecule has 2 nitrogen and oxygen atoms in total. The minimum Gasteiger partial charge on any atom is -0.373 e. The number of fused-ring (bicyclic) bond motifs is 1. The van der Waals surface area contributed by atoms with E-state index in [0.29, 0.717) is 5.56 Å². The topological polar surface area (TPSA) is 26.3 Å². The van der Waals surface area contributed by atoms with Crippen LogP contribution in [0.3, 0.4) is 0 Å². The quantitative estimate of drug-likeness (QED) is 0.588. The Hall–Kier alpha value is -1.36. The van der Waals surface area contributed by atoms with Crippen molar-refractivity contribution in [1.82, 2.24) is 0 Å². The van der Waals surface area contributed by atoms with Gasteiger partial charge in [-0.25, -0.2) is 0 Å². The maximum absolute atomic E-state index is 11.9. The van der Waals surface area contributed by atoms with Crippen molar-refractivity contribution in [2.75, 3.05) is 13.2 Å². The third kappa shape index (κ3) is 4.34. The number of rotatable bonds is 6. The molecule has 20 heavy (non-hydrogen) atoms. The molecule has 0 fully saturated rings. The second kappa shape index (κ2) is 6.39. The fourth-order valence-corrected chi connectivity index (χ4v) is 2.37. The molecule has 0 atom stereocenters. The molecule has 0 amide bonds. The summed E-state index contributed by atoms with van der Waals surface area (Å²) in [4.78, 5) is 11.9. The van der Waals surface area contributed by atoms with Gasteiger partial charge in [0, 0.05) is 18.6 Å². The number of aryl methyl sites for hydroxylation is 2. The summed E-state index contributed by atoms with van der Waals surface area (Å²) in [6, 6.07) is 5.61. The molecule has 5 heteroatoms. The van der Waals surface area contributed by atoms with E-state index in [1.807, 2.05) is 12.1 Å². The van der Waals surface area contributed by atoms with Crippen LogP contribution in [0, 0.1) is 0 Å². The molecule has 0 saturated heterocycles. The summed E-state index contributed by atoms with van der Waals surface area (Å²) in [5.41, 5.74) is 3.07. The Kier molecular flexibility index (Phi) is 4.81. The minimum absolute atomic E-state index is 0.0454. The molecule has 0 N–H and O–H groups in total. The Balaban J connectivity index is 1.75. The predicted molar refractivity (Wildman–Crippen MR) is 68.9 cm³/mol. The first-order valence-corrected chi connectivity index (χ1v) is 6.75. The van der Waals surface area contributed by atoms with Crippen molar-refractivity contribution in [2.45, 2.75) is 38.3 Å². The van der Waals surface area contributed by atoms with Crippen LogP contribution in [0.15, 0.2) is 18.2 Å². The van der Waals surface area contributed by atoms with Gasteiger partial charge < -0.3 is 4.74 Å². The number of alkyl halides is 3. The molecule has 1 aromatic carbocycles. The van der Waals surface area contributed by atoms with Gasteiger partial charge in [0.15, 0.2) is 5.78 Å². The summed E-state index contributed by atoms with van der Waals surface area (Å²) in [6.45, 7) is -0.202. The average Bonchev–Trinajstić information content (AvgIpc) is 2.83. The molecule has 0 aromatic heterocycles. The van der Waals surface area contributed by atoms with Crippen LogP contribution in [0.25, 0.3) is 0 Å². The molecule has 110 valence electrons. The summed E-state index contributed by atoms with van der Waals surface area (Å²) in [5, 5.41) is 0. The van der Waals surface area contributed by atoms with Gasteiger partial charge in [-0.3, -0.25) is 4.79 Å². The molecule has 0 bridgehead atoms. The number of halogens is 3. The van der Waals surface area contributed by atoms with Gasteiger partial charge in [0.1, 0.15) is 6.61 Å². The predicted octanol–water partition coefficient (Wildman–Crippen LogP) is 3.72. The smallest absolute Gasteiger partial charge is 0.373 e. The second-order valence-corrected chi connectivity index (χ2v) is 5.03. The number of hydrogen-bond acceptors (Lipinski definition) is 2. The van der Waals surface area contributed by atoms with Crippen molar-refractivity contribution in [3.63, 3.8) is 0 Å². The molecule has 1 aliphatic carbocycles. The van der Waals surface area contributed by atoms with E-state index in [4.69, 9.17) is 4.74 Å². The third-order valence-electron chi connectivity index (χ3n) is 3.40. The van der Waals surface area contributed by atoms with Crippen LogP contribution in [-0.2, 0) is 17.6 Å². The number of ether oxygens (including phenoxy) is 1. The lowest BCUT2D eigenvalue weighted by molar-refractivity contribution is -0.137. The van der Waals surface area contributed by atoms with Crippen LogP contribution in [0.4, 0.5) is 13.2 Å². The highest BCUT2D eigenvalue weighted by Crippen LogP contribution is 2.23. The average molecular weight is 286 g/mol. The van der Waals surface area contributed by atoms with Gasteiger partial charge in [-0.15, -0.1) is 0 Å². The Morgan fingerprint density at radius 1 is 1.20 bits per heavy atom. The minimum atomic E-state index is -4.16. The number of Topliss-reactive ketones (excluding diaryl/α,β-unsaturated/α-hetero) is 1. The Labute approximate surface area is 115 Å². The number of ketones is 1. The van der Waals surface area contributed by atoms with Gasteiger partial charge in [0.05, 0.1) is 0 Å². The Morgan fingerprint density at radius 2 is 1.95 bits per heavy atom. The highest BCUT2D eigenvalue weighted by atomic mass is 19.4. The van der Waals surface area contributed by atoms with Crippen molar-refractivity contribution in [1.29, 1.82) is 0 Å². The largest absolute Gasteiger partial charge is 0.389 e. The van der Waals surface area contributed by atoms with E-state index < -0.39 is 12.6 Å². The summed E-state index contributed by atoms with van der Waals surface area (Å²) < 4.78 is 40.7. The Bertz CT molecular complexity index is 480. The molecule has 1 aliphatic rings. The molecule has 0 heterocycles. The number of carbonyl (C=O) groups excluding carboxylic acids is 1. The van der Waals surface area contributed by atoms with E-state index in [1.54, 1.807) is 6.07 Å². The summed E-state index contributed by atoms with van der Waals surface area (Å²) in [5.74, 6) is -0.174. The number of carbonyl (C=O) groups is 1. The van der Waals surface area contributed by atoms with Crippen molar-refractivity contribution in [3.05, 3.63) is 34.9 Å². The van der Waals surface area contributed by atoms with Gasteiger partial charge in [-0.05, 0) is 42.9 Å². The zero-order chi connectivity index (χ0) is 14.6. The van der Waals surface area contributed by atoms with Gasteiger partial charge in [-0.2, -0.15) is 13.2 Å². The summed E-state index contributed by atoms with van der Waals surface area (Å²) in [7, 11) is 0. The molecule has 1 aromatic rings. The molecule has 0 unspecified atom stereocenters. The Morgan fingerprint density at radius 3 is 2.70 bits per heavy atom. The summed E-state index contributed by atoms with van der Waals surface area (Å²) >= 11 is 0. The fourth-order valence-electron chi connectivity index (χ4n) is 2.37. The summed E-state index contributed by atoms with van der Waals surface area (Å²) in [6.07, 6.45) is -1.99. The van der Waals surface area contributed by atoms with Gasteiger partial charge in [0.25, 0.3) is 0 Å². The highest BCUT2D eigenvalue weighted by molar-refractivity contribution is 5.97. The standard InChI is InChI=1S/C15H17F3O2/c16-15(17,18)7-2-8-20-10-14(19)13-6-5-11-3-1-4-12(11)9-13/h5-6,9H,1-4,7-8,10H2. The monoisotopic (exact) mass is 286 g/mol. The van der Waals surface area contributed by atoms with Crippen LogP contribution >= 0.6 is 0 Å². The van der Waals surface area contributed by atoms with Crippen LogP contribution < -0.4 is 0 Å². The first-order chi connectivity index (χ1) is 9.46. The van der Waals surface area contributed by atoms with Gasteiger partial charge >= 0.3 is 6.18 Å². The lowest BCUT2D eigenvalue weighted by Gasteiger charge is -2.07. The molecular formula is C15H17F3O2. The zero-order valence-electron chi connectivity index (χ0n) is 11.1. The SMILES string of the molecule is O=C(COCCCC(F)(F)F)c1ccc2c(c1)CCC2. The van der Waals surface area contributed by atoms with E-state index in [-0.39, 0.29) is 25.4 Å². The van der Waals surface area contributed by atoms with Gasteiger partial charge in [-0.1, -0.05) is 12.1 Å². The fraction of sp³-hybridized carbons (Fsp3) is 0.533. The van der Waals surface area contributed by atoms with Crippen LogP contribution in [-0.4, -0.2) is 25.2 Å². The van der Waals surface area contributed by atoms with Crippen molar-refractivity contribution in [3.8, 4) is 0 Å². The molecule has 0 saturated carbocycles. The van der Waals surface area contributed by atoms with Gasteiger partial charge in [0.2, 0.25) is 0 Å². The lowest BCUT2D eigenvalue weighted by Crippen LogP contribution is -2.13. The molecule has 2 rings (SSSR count). The lowest BCUT2D eigenvalue weighted by atomic mass is 10.0. The van der Waals surface area contributed by atoms with Crippen LogP contribution in [0.5, 0.6) is 0 Å². The van der Waals surface area contributed by atoms with Crippen LogP contribution in [0.2, 0.25) is 0 Å². The van der Waals surface area contributed by atoms with E-state index in [2.05, 4.69) is 0 Å². The second-order valence-electron chi connectivity index (χ2n) is 5.03. The first-order valence-electron chi connectivity index (χ1n) is 6.75.